The number of rotatable bonds is 7. The first-order chi connectivity index (χ1) is 10.7. The standard InChI is InChI=1S/C17H20O5/c1-3-20-14(16(19)21-4-2)15(18)17(11-8-12-22-17)13-9-6-5-7-10-13/h5-10,12,14H,3-4,11H2,1-2H3. The Labute approximate surface area is 129 Å². The SMILES string of the molecule is CCOC(=O)C(OCC)C(=O)C1(c2ccccc2)CC=CO1. The highest BCUT2D eigenvalue weighted by Crippen LogP contribution is 2.37. The molecule has 1 aliphatic heterocycles. The molecule has 0 saturated carbocycles. The number of carbonyl (C=O) groups is 2. The summed E-state index contributed by atoms with van der Waals surface area (Å²) in [4.78, 5) is 25.0. The Morgan fingerprint density at radius 2 is 1.95 bits per heavy atom. The van der Waals surface area contributed by atoms with Crippen molar-refractivity contribution in [2.75, 3.05) is 13.2 Å². The van der Waals surface area contributed by atoms with Crippen LogP contribution in [0.3, 0.4) is 0 Å². The molecule has 0 aliphatic carbocycles. The maximum atomic E-state index is 13.0. The van der Waals surface area contributed by atoms with Gasteiger partial charge in [0.25, 0.3) is 0 Å². The van der Waals surface area contributed by atoms with E-state index in [9.17, 15) is 9.59 Å². The molecule has 2 rings (SSSR count). The third-order valence-corrected chi connectivity index (χ3v) is 3.48. The van der Waals surface area contributed by atoms with Gasteiger partial charge in [0.1, 0.15) is 0 Å². The van der Waals surface area contributed by atoms with E-state index in [2.05, 4.69) is 0 Å². The third kappa shape index (κ3) is 3.04. The van der Waals surface area contributed by atoms with Gasteiger partial charge in [0.2, 0.25) is 11.9 Å². The zero-order valence-corrected chi connectivity index (χ0v) is 12.8. The number of ether oxygens (including phenoxy) is 3. The molecular weight excluding hydrogens is 284 g/mol. The van der Waals surface area contributed by atoms with Gasteiger partial charge < -0.3 is 14.2 Å². The summed E-state index contributed by atoms with van der Waals surface area (Å²) in [7, 11) is 0. The smallest absolute Gasteiger partial charge is 0.343 e. The van der Waals surface area contributed by atoms with Crippen molar-refractivity contribution in [3.05, 3.63) is 48.2 Å². The Bertz CT molecular complexity index is 541. The van der Waals surface area contributed by atoms with Crippen LogP contribution >= 0.6 is 0 Å². The van der Waals surface area contributed by atoms with E-state index in [0.29, 0.717) is 12.0 Å². The van der Waals surface area contributed by atoms with Gasteiger partial charge in [-0.25, -0.2) is 4.79 Å². The number of Topliss-reactive ketones (excluding diaryl/α,β-unsaturated/α-hetero) is 1. The summed E-state index contributed by atoms with van der Waals surface area (Å²) < 4.78 is 15.9. The van der Waals surface area contributed by atoms with Gasteiger partial charge in [0.05, 0.1) is 12.9 Å². The first-order valence-electron chi connectivity index (χ1n) is 7.36. The molecule has 0 fully saturated rings. The van der Waals surface area contributed by atoms with Crippen molar-refractivity contribution in [3.8, 4) is 0 Å². The van der Waals surface area contributed by atoms with E-state index >= 15 is 0 Å². The van der Waals surface area contributed by atoms with E-state index in [1.54, 1.807) is 32.1 Å². The summed E-state index contributed by atoms with van der Waals surface area (Å²) in [6, 6.07) is 9.12. The van der Waals surface area contributed by atoms with Crippen molar-refractivity contribution in [2.24, 2.45) is 0 Å². The van der Waals surface area contributed by atoms with Crippen molar-refractivity contribution >= 4 is 11.8 Å². The van der Waals surface area contributed by atoms with Crippen LogP contribution in [0.2, 0.25) is 0 Å². The molecular formula is C17H20O5. The topological polar surface area (TPSA) is 61.8 Å². The third-order valence-electron chi connectivity index (χ3n) is 3.48. The summed E-state index contributed by atoms with van der Waals surface area (Å²) in [5.74, 6) is -1.12. The van der Waals surface area contributed by atoms with Crippen LogP contribution in [0.4, 0.5) is 0 Å². The van der Waals surface area contributed by atoms with Gasteiger partial charge in [-0.2, -0.15) is 0 Å². The molecule has 22 heavy (non-hydrogen) atoms. The molecule has 5 heteroatoms. The van der Waals surface area contributed by atoms with Gasteiger partial charge in [-0.15, -0.1) is 0 Å². The Balaban J connectivity index is 2.34. The second-order valence-corrected chi connectivity index (χ2v) is 4.84. The molecule has 0 aromatic heterocycles. The molecule has 0 radical (unpaired) electrons. The van der Waals surface area contributed by atoms with Gasteiger partial charge >= 0.3 is 5.97 Å². The van der Waals surface area contributed by atoms with Gasteiger partial charge in [0, 0.05) is 18.6 Å². The molecule has 1 aromatic carbocycles. The maximum absolute atomic E-state index is 13.0. The van der Waals surface area contributed by atoms with E-state index in [-0.39, 0.29) is 13.2 Å². The summed E-state index contributed by atoms with van der Waals surface area (Å²) >= 11 is 0. The van der Waals surface area contributed by atoms with Crippen LogP contribution in [0, 0.1) is 0 Å². The van der Waals surface area contributed by atoms with Crippen LogP contribution in [0.1, 0.15) is 25.8 Å². The van der Waals surface area contributed by atoms with Gasteiger partial charge in [0.15, 0.2) is 5.60 Å². The minimum absolute atomic E-state index is 0.188. The van der Waals surface area contributed by atoms with Crippen LogP contribution in [-0.2, 0) is 29.4 Å². The van der Waals surface area contributed by atoms with Gasteiger partial charge in [-0.05, 0) is 19.9 Å². The highest BCUT2D eigenvalue weighted by molar-refractivity contribution is 6.07. The number of hydrogen-bond acceptors (Lipinski definition) is 5. The summed E-state index contributed by atoms with van der Waals surface area (Å²) in [6.45, 7) is 3.83. The molecule has 118 valence electrons. The van der Waals surface area contributed by atoms with E-state index in [0.717, 1.165) is 0 Å². The normalized spacial score (nSPS) is 21.2. The van der Waals surface area contributed by atoms with Crippen LogP contribution in [-0.4, -0.2) is 31.1 Å². The number of hydrogen-bond donors (Lipinski definition) is 0. The molecule has 0 spiro atoms. The monoisotopic (exact) mass is 304 g/mol. The first kappa shape index (κ1) is 16.2. The van der Waals surface area contributed by atoms with E-state index in [1.165, 1.54) is 6.26 Å². The molecule has 1 aliphatic rings. The van der Waals surface area contributed by atoms with E-state index < -0.39 is 23.5 Å². The number of esters is 1. The molecule has 0 amide bonds. The molecule has 1 heterocycles. The molecule has 0 saturated heterocycles. The summed E-state index contributed by atoms with van der Waals surface area (Å²) in [5, 5.41) is 0. The highest BCUT2D eigenvalue weighted by atomic mass is 16.6. The summed E-state index contributed by atoms with van der Waals surface area (Å²) in [5.41, 5.74) is -0.535. The maximum Gasteiger partial charge on any atom is 0.343 e. The van der Waals surface area contributed by atoms with Crippen LogP contribution < -0.4 is 0 Å². The minimum Gasteiger partial charge on any atom is -0.482 e. The van der Waals surface area contributed by atoms with Crippen LogP contribution in [0.25, 0.3) is 0 Å². The van der Waals surface area contributed by atoms with Crippen LogP contribution in [0.15, 0.2) is 42.7 Å². The number of benzene rings is 1. The zero-order valence-electron chi connectivity index (χ0n) is 12.8. The van der Waals surface area contributed by atoms with Crippen molar-refractivity contribution < 1.29 is 23.8 Å². The first-order valence-corrected chi connectivity index (χ1v) is 7.36. The highest BCUT2D eigenvalue weighted by Gasteiger charge is 2.49. The van der Waals surface area contributed by atoms with E-state index in [1.807, 2.05) is 18.2 Å². The quantitative estimate of drug-likeness (QED) is 0.571. The Morgan fingerprint density at radius 3 is 2.50 bits per heavy atom. The van der Waals surface area contributed by atoms with Crippen molar-refractivity contribution in [2.45, 2.75) is 32.0 Å². The van der Waals surface area contributed by atoms with Crippen molar-refractivity contribution in [1.29, 1.82) is 0 Å². The number of carbonyl (C=O) groups excluding carboxylic acids is 2. The molecule has 0 N–H and O–H groups in total. The molecule has 2 unspecified atom stereocenters. The lowest BCUT2D eigenvalue weighted by Crippen LogP contribution is -2.47. The molecule has 1 aromatic rings. The molecule has 5 nitrogen and oxygen atoms in total. The Hall–Kier alpha value is -2.14. The second kappa shape index (κ2) is 7.22. The average Bonchev–Trinajstić information content (AvgIpc) is 3.04. The fourth-order valence-electron chi connectivity index (χ4n) is 2.47. The van der Waals surface area contributed by atoms with Crippen LogP contribution in [0.5, 0.6) is 0 Å². The zero-order chi connectivity index (χ0) is 16.0. The lowest BCUT2D eigenvalue weighted by Gasteiger charge is -2.30. The molecule has 2 atom stereocenters. The Kier molecular flexibility index (Phi) is 5.33. The fourth-order valence-corrected chi connectivity index (χ4v) is 2.47. The largest absolute Gasteiger partial charge is 0.482 e. The second-order valence-electron chi connectivity index (χ2n) is 4.84. The predicted molar refractivity (Wildman–Crippen MR) is 80.0 cm³/mol. The summed E-state index contributed by atoms with van der Waals surface area (Å²) in [6.07, 6.45) is 2.32. The van der Waals surface area contributed by atoms with Crippen molar-refractivity contribution in [1.82, 2.24) is 0 Å². The average molecular weight is 304 g/mol. The van der Waals surface area contributed by atoms with Crippen molar-refractivity contribution in [3.63, 3.8) is 0 Å². The Morgan fingerprint density at radius 1 is 1.23 bits per heavy atom. The van der Waals surface area contributed by atoms with Gasteiger partial charge in [-0.1, -0.05) is 30.3 Å². The predicted octanol–water partition coefficient (Wildman–Crippen LogP) is 2.35. The number of ketones is 1. The lowest BCUT2D eigenvalue weighted by atomic mass is 9.84. The molecule has 0 bridgehead atoms. The van der Waals surface area contributed by atoms with E-state index in [4.69, 9.17) is 14.2 Å². The minimum atomic E-state index is -1.29. The fraction of sp³-hybridized carbons (Fsp3) is 0.412. The lowest BCUT2D eigenvalue weighted by molar-refractivity contribution is -0.168. The van der Waals surface area contributed by atoms with Gasteiger partial charge in [-0.3, -0.25) is 4.79 Å².